The normalized spacial score (nSPS) is 21.5. The van der Waals surface area contributed by atoms with Crippen molar-refractivity contribution in [2.45, 2.75) is 11.4 Å². The molecule has 106 valence electrons. The summed E-state index contributed by atoms with van der Waals surface area (Å²) in [5.41, 5.74) is 0.636. The minimum Gasteiger partial charge on any atom is -0.480 e. The van der Waals surface area contributed by atoms with E-state index in [4.69, 9.17) is 4.74 Å². The van der Waals surface area contributed by atoms with E-state index in [9.17, 15) is 14.7 Å². The van der Waals surface area contributed by atoms with Gasteiger partial charge in [-0.1, -0.05) is 18.7 Å². The first-order valence-electron chi connectivity index (χ1n) is 5.96. The van der Waals surface area contributed by atoms with Crippen molar-refractivity contribution in [1.82, 2.24) is 9.88 Å². The molecule has 2 atom stereocenters. The first-order valence-corrected chi connectivity index (χ1v) is 7.01. The van der Waals surface area contributed by atoms with Crippen LogP contribution >= 0.6 is 11.8 Å². The number of aliphatic carboxylic acids is 1. The molecule has 1 aromatic rings. The molecule has 20 heavy (non-hydrogen) atoms. The maximum Gasteiger partial charge on any atom is 0.412 e. The van der Waals surface area contributed by atoms with Gasteiger partial charge in [-0.15, -0.1) is 11.8 Å². The fourth-order valence-corrected chi connectivity index (χ4v) is 3.25. The predicted octanol–water partition coefficient (Wildman–Crippen LogP) is 1.90. The van der Waals surface area contributed by atoms with Crippen LogP contribution in [-0.2, 0) is 9.53 Å². The number of hydrogen-bond acceptors (Lipinski definition) is 5. The number of carboxylic acids is 1. The zero-order chi connectivity index (χ0) is 14.5. The number of rotatable bonds is 4. The Kier molecular flexibility index (Phi) is 4.62. The molecule has 0 aliphatic carbocycles. The van der Waals surface area contributed by atoms with E-state index in [0.717, 1.165) is 0 Å². The van der Waals surface area contributed by atoms with Crippen LogP contribution in [0.1, 0.15) is 11.1 Å². The van der Waals surface area contributed by atoms with Crippen molar-refractivity contribution in [1.29, 1.82) is 0 Å². The molecule has 1 aliphatic heterocycles. The minimum atomic E-state index is -1.05. The van der Waals surface area contributed by atoms with E-state index in [1.54, 1.807) is 24.4 Å². The SMILES string of the molecule is C=CCOC(=O)N1C(C(=O)O)CSC1c1ccccn1. The molecule has 0 spiro atoms. The number of aromatic nitrogens is 1. The highest BCUT2D eigenvalue weighted by molar-refractivity contribution is 7.99. The number of ether oxygens (including phenoxy) is 1. The first-order chi connectivity index (χ1) is 9.65. The van der Waals surface area contributed by atoms with Crippen LogP contribution in [0.4, 0.5) is 4.79 Å². The van der Waals surface area contributed by atoms with Crippen molar-refractivity contribution >= 4 is 23.8 Å². The number of amides is 1. The Morgan fingerprint density at radius 2 is 2.40 bits per heavy atom. The molecule has 1 aromatic heterocycles. The van der Waals surface area contributed by atoms with Gasteiger partial charge in [0.2, 0.25) is 0 Å². The molecule has 1 saturated heterocycles. The van der Waals surface area contributed by atoms with Crippen LogP contribution in [0.25, 0.3) is 0 Å². The number of thioether (sulfide) groups is 1. The summed E-state index contributed by atoms with van der Waals surface area (Å²) in [6.07, 6.45) is 2.38. The van der Waals surface area contributed by atoms with Gasteiger partial charge in [0.15, 0.2) is 0 Å². The Balaban J connectivity index is 2.25. The van der Waals surface area contributed by atoms with Crippen LogP contribution in [0.15, 0.2) is 37.1 Å². The maximum atomic E-state index is 12.1. The van der Waals surface area contributed by atoms with Gasteiger partial charge in [0.25, 0.3) is 0 Å². The van der Waals surface area contributed by atoms with E-state index in [1.807, 2.05) is 0 Å². The van der Waals surface area contributed by atoms with Crippen LogP contribution in [0.3, 0.4) is 0 Å². The zero-order valence-electron chi connectivity index (χ0n) is 10.6. The molecule has 0 saturated carbocycles. The number of carboxylic acid groups (broad SMARTS) is 1. The summed E-state index contributed by atoms with van der Waals surface area (Å²) >= 11 is 1.36. The molecule has 7 heteroatoms. The summed E-state index contributed by atoms with van der Waals surface area (Å²) in [4.78, 5) is 28.7. The van der Waals surface area contributed by atoms with Crippen molar-refractivity contribution in [2.24, 2.45) is 0 Å². The molecule has 0 aromatic carbocycles. The van der Waals surface area contributed by atoms with Crippen molar-refractivity contribution in [3.05, 3.63) is 42.7 Å². The van der Waals surface area contributed by atoms with Gasteiger partial charge in [-0.25, -0.2) is 9.59 Å². The van der Waals surface area contributed by atoms with Gasteiger partial charge in [0.05, 0.1) is 5.69 Å². The van der Waals surface area contributed by atoms with E-state index < -0.39 is 23.5 Å². The Labute approximate surface area is 120 Å². The lowest BCUT2D eigenvalue weighted by Gasteiger charge is -2.25. The predicted molar refractivity (Wildman–Crippen MR) is 74.2 cm³/mol. The van der Waals surface area contributed by atoms with Gasteiger partial charge in [-0.05, 0) is 12.1 Å². The Morgan fingerprint density at radius 3 is 3.00 bits per heavy atom. The van der Waals surface area contributed by atoms with E-state index in [-0.39, 0.29) is 6.61 Å². The van der Waals surface area contributed by atoms with Crippen molar-refractivity contribution < 1.29 is 19.4 Å². The summed E-state index contributed by atoms with van der Waals surface area (Å²) in [7, 11) is 0. The average Bonchev–Trinajstić information content (AvgIpc) is 2.90. The highest BCUT2D eigenvalue weighted by Crippen LogP contribution is 2.40. The number of pyridine rings is 1. The van der Waals surface area contributed by atoms with Crippen LogP contribution in [0.5, 0.6) is 0 Å². The van der Waals surface area contributed by atoms with Gasteiger partial charge in [0, 0.05) is 11.9 Å². The molecule has 2 unspecified atom stereocenters. The topological polar surface area (TPSA) is 79.7 Å². The third-order valence-electron chi connectivity index (χ3n) is 2.76. The molecule has 0 radical (unpaired) electrons. The molecule has 6 nitrogen and oxygen atoms in total. The molecule has 0 bridgehead atoms. The maximum absolute atomic E-state index is 12.1. The van der Waals surface area contributed by atoms with Crippen molar-refractivity contribution in [2.75, 3.05) is 12.4 Å². The Bertz CT molecular complexity index is 508. The number of carbonyl (C=O) groups excluding carboxylic acids is 1. The number of carbonyl (C=O) groups is 2. The number of hydrogen-bond donors (Lipinski definition) is 1. The summed E-state index contributed by atoms with van der Waals surface area (Å²) in [5.74, 6) is -0.744. The summed E-state index contributed by atoms with van der Waals surface area (Å²) < 4.78 is 4.97. The minimum absolute atomic E-state index is 0.0429. The highest BCUT2D eigenvalue weighted by Gasteiger charge is 2.43. The van der Waals surface area contributed by atoms with E-state index in [2.05, 4.69) is 11.6 Å². The fraction of sp³-hybridized carbons (Fsp3) is 0.308. The fourth-order valence-electron chi connectivity index (χ4n) is 1.87. The van der Waals surface area contributed by atoms with Crippen molar-refractivity contribution in [3.8, 4) is 0 Å². The molecule has 1 N–H and O–H groups in total. The lowest BCUT2D eigenvalue weighted by Crippen LogP contribution is -2.43. The quantitative estimate of drug-likeness (QED) is 0.854. The van der Waals surface area contributed by atoms with Crippen LogP contribution < -0.4 is 0 Å². The summed E-state index contributed by atoms with van der Waals surface area (Å²) in [6.45, 7) is 3.50. The van der Waals surface area contributed by atoms with E-state index >= 15 is 0 Å². The number of nitrogens with zero attached hydrogens (tertiary/aromatic N) is 2. The Hall–Kier alpha value is -2.02. The first kappa shape index (κ1) is 14.4. The molecule has 1 fully saturated rings. The van der Waals surface area contributed by atoms with Crippen LogP contribution in [-0.4, -0.2) is 45.5 Å². The second-order valence-corrected chi connectivity index (χ2v) is 5.18. The largest absolute Gasteiger partial charge is 0.480 e. The highest BCUT2D eigenvalue weighted by atomic mass is 32.2. The Morgan fingerprint density at radius 1 is 1.60 bits per heavy atom. The third-order valence-corrected chi connectivity index (χ3v) is 4.05. The monoisotopic (exact) mass is 294 g/mol. The van der Waals surface area contributed by atoms with Gasteiger partial charge in [-0.2, -0.15) is 0 Å². The zero-order valence-corrected chi connectivity index (χ0v) is 11.5. The molecular weight excluding hydrogens is 280 g/mol. The molecular formula is C13H14N2O4S. The van der Waals surface area contributed by atoms with E-state index in [1.165, 1.54) is 22.7 Å². The molecule has 1 amide bonds. The standard InChI is InChI=1S/C13H14N2O4S/c1-2-7-19-13(18)15-10(12(16)17)8-20-11(15)9-5-3-4-6-14-9/h2-6,10-11H,1,7-8H2,(H,16,17). The van der Waals surface area contributed by atoms with Gasteiger partial charge in [-0.3, -0.25) is 9.88 Å². The van der Waals surface area contributed by atoms with Crippen LogP contribution in [0, 0.1) is 0 Å². The smallest absolute Gasteiger partial charge is 0.412 e. The van der Waals surface area contributed by atoms with Gasteiger partial charge >= 0.3 is 12.1 Å². The average molecular weight is 294 g/mol. The van der Waals surface area contributed by atoms with Crippen molar-refractivity contribution in [3.63, 3.8) is 0 Å². The second kappa shape index (κ2) is 6.42. The second-order valence-electron chi connectivity index (χ2n) is 4.07. The molecule has 2 rings (SSSR count). The summed E-state index contributed by atoms with van der Waals surface area (Å²) in [5, 5.41) is 8.77. The third kappa shape index (κ3) is 2.93. The lowest BCUT2D eigenvalue weighted by molar-refractivity contribution is -0.141. The van der Waals surface area contributed by atoms with E-state index in [0.29, 0.717) is 11.4 Å². The van der Waals surface area contributed by atoms with Gasteiger partial charge < -0.3 is 9.84 Å². The summed E-state index contributed by atoms with van der Waals surface area (Å²) in [6, 6.07) is 4.40. The molecule has 1 aliphatic rings. The van der Waals surface area contributed by atoms with Gasteiger partial charge in [0.1, 0.15) is 18.0 Å². The lowest BCUT2D eigenvalue weighted by atomic mass is 10.2. The molecule has 2 heterocycles. The van der Waals surface area contributed by atoms with Crippen LogP contribution in [0.2, 0.25) is 0 Å².